The molecule has 0 fully saturated rings. The molecule has 0 unspecified atom stereocenters. The van der Waals surface area contributed by atoms with E-state index in [1.165, 1.54) is 12.1 Å². The smallest absolute Gasteiger partial charge is 0.225 e. The fourth-order valence-electron chi connectivity index (χ4n) is 3.90. The van der Waals surface area contributed by atoms with Crippen LogP contribution >= 0.6 is 0 Å². The lowest BCUT2D eigenvalue weighted by atomic mass is 10.1. The Morgan fingerprint density at radius 1 is 1.14 bits per heavy atom. The average molecular weight is 495 g/mol. The van der Waals surface area contributed by atoms with Crippen LogP contribution in [0.3, 0.4) is 0 Å². The van der Waals surface area contributed by atoms with E-state index in [0.29, 0.717) is 35.5 Å². The predicted octanol–water partition coefficient (Wildman–Crippen LogP) is 3.06. The summed E-state index contributed by atoms with van der Waals surface area (Å²) in [4.78, 5) is 15.0. The van der Waals surface area contributed by atoms with Crippen molar-refractivity contribution in [1.29, 1.82) is 0 Å². The maximum absolute atomic E-state index is 14.3. The second-order valence-corrected chi connectivity index (χ2v) is 10.2. The first kappa shape index (κ1) is 22.8. The molecule has 1 aromatic carbocycles. The SMILES string of the molecule is CCc1cnc(N2CC=C(c3nnc4c(Nc5ccc(S(C)(=O)=O)c(F)c5)nccn34)CC2)nc1. The Balaban J connectivity index is 1.38. The number of nitrogens with zero attached hydrogens (tertiary/aromatic N) is 7. The number of aryl methyl sites for hydroxylation is 1. The molecule has 0 saturated carbocycles. The van der Waals surface area contributed by atoms with Crippen molar-refractivity contribution in [2.45, 2.75) is 24.7 Å². The van der Waals surface area contributed by atoms with Gasteiger partial charge in [-0.05, 0) is 42.2 Å². The Labute approximate surface area is 201 Å². The molecule has 4 aromatic rings. The highest BCUT2D eigenvalue weighted by Crippen LogP contribution is 2.27. The first-order chi connectivity index (χ1) is 16.8. The molecule has 180 valence electrons. The van der Waals surface area contributed by atoms with Gasteiger partial charge in [0, 0.05) is 49.8 Å². The third kappa shape index (κ3) is 4.56. The summed E-state index contributed by atoms with van der Waals surface area (Å²) in [5, 5.41) is 11.7. The van der Waals surface area contributed by atoms with Gasteiger partial charge in [0.1, 0.15) is 10.7 Å². The number of hydrogen-bond donors (Lipinski definition) is 1. The lowest BCUT2D eigenvalue weighted by Crippen LogP contribution is -2.30. The molecule has 35 heavy (non-hydrogen) atoms. The van der Waals surface area contributed by atoms with Gasteiger partial charge in [-0.1, -0.05) is 13.0 Å². The molecule has 12 heteroatoms. The Kier molecular flexibility index (Phi) is 5.89. The van der Waals surface area contributed by atoms with E-state index in [9.17, 15) is 12.8 Å². The van der Waals surface area contributed by atoms with Crippen LogP contribution in [0.4, 0.5) is 21.8 Å². The molecule has 5 rings (SSSR count). The van der Waals surface area contributed by atoms with Crippen molar-refractivity contribution in [3.05, 3.63) is 66.3 Å². The first-order valence-corrected chi connectivity index (χ1v) is 12.9. The van der Waals surface area contributed by atoms with Crippen LogP contribution in [0.5, 0.6) is 0 Å². The van der Waals surface area contributed by atoms with Crippen LogP contribution in [0.25, 0.3) is 11.2 Å². The number of fused-ring (bicyclic) bond motifs is 1. The van der Waals surface area contributed by atoms with E-state index in [0.717, 1.165) is 42.8 Å². The van der Waals surface area contributed by atoms with E-state index in [4.69, 9.17) is 0 Å². The molecular formula is C23H23FN8O2S. The van der Waals surface area contributed by atoms with E-state index >= 15 is 0 Å². The van der Waals surface area contributed by atoms with Crippen LogP contribution in [0.1, 0.15) is 24.7 Å². The number of sulfone groups is 1. The highest BCUT2D eigenvalue weighted by Gasteiger charge is 2.20. The number of halogens is 1. The standard InChI is InChI=1S/C23H23FN8O2S/c1-3-15-13-26-23(27-14-15)31-9-6-16(7-10-31)21-29-30-22-20(25-8-11-32(21)22)28-17-4-5-19(18(24)12-17)35(2,33)34/h4-6,8,11-14H,3,7,9-10H2,1-2H3,(H,25,28). The summed E-state index contributed by atoms with van der Waals surface area (Å²) in [6.45, 7) is 3.47. The summed E-state index contributed by atoms with van der Waals surface area (Å²) in [6, 6.07) is 3.82. The number of hydrogen-bond acceptors (Lipinski definition) is 9. The van der Waals surface area contributed by atoms with Gasteiger partial charge in [-0.25, -0.2) is 27.8 Å². The Morgan fingerprint density at radius 2 is 1.94 bits per heavy atom. The molecule has 0 aliphatic carbocycles. The van der Waals surface area contributed by atoms with Crippen molar-refractivity contribution in [3.63, 3.8) is 0 Å². The molecule has 0 bridgehead atoms. The van der Waals surface area contributed by atoms with E-state index in [-0.39, 0.29) is 4.90 Å². The molecule has 0 amide bonds. The van der Waals surface area contributed by atoms with Gasteiger partial charge in [-0.15, -0.1) is 10.2 Å². The van der Waals surface area contributed by atoms with Gasteiger partial charge in [-0.3, -0.25) is 4.40 Å². The highest BCUT2D eigenvalue weighted by molar-refractivity contribution is 7.90. The van der Waals surface area contributed by atoms with Gasteiger partial charge in [-0.2, -0.15) is 0 Å². The lowest BCUT2D eigenvalue weighted by Gasteiger charge is -2.25. The second kappa shape index (κ2) is 9.02. The van der Waals surface area contributed by atoms with Gasteiger partial charge in [0.05, 0.1) is 0 Å². The van der Waals surface area contributed by atoms with Gasteiger partial charge < -0.3 is 10.2 Å². The van der Waals surface area contributed by atoms with Crippen molar-refractivity contribution >= 4 is 38.5 Å². The molecule has 1 N–H and O–H groups in total. The average Bonchev–Trinajstić information content (AvgIpc) is 3.29. The second-order valence-electron chi connectivity index (χ2n) is 8.21. The van der Waals surface area contributed by atoms with Crippen molar-refractivity contribution in [3.8, 4) is 0 Å². The monoisotopic (exact) mass is 494 g/mol. The number of nitrogens with one attached hydrogen (secondary N) is 1. The normalized spacial score (nSPS) is 14.3. The quantitative estimate of drug-likeness (QED) is 0.431. The van der Waals surface area contributed by atoms with Crippen LogP contribution < -0.4 is 10.2 Å². The molecule has 0 radical (unpaired) electrons. The van der Waals surface area contributed by atoms with Gasteiger partial charge in [0.2, 0.25) is 11.6 Å². The molecule has 1 aliphatic rings. The van der Waals surface area contributed by atoms with Crippen LogP contribution in [-0.4, -0.2) is 57.3 Å². The molecule has 0 spiro atoms. The van der Waals surface area contributed by atoms with E-state index in [1.54, 1.807) is 12.4 Å². The Bertz CT molecular complexity index is 1530. The van der Waals surface area contributed by atoms with Crippen molar-refractivity contribution < 1.29 is 12.8 Å². The van der Waals surface area contributed by atoms with Crippen LogP contribution in [-0.2, 0) is 16.3 Å². The van der Waals surface area contributed by atoms with Crippen molar-refractivity contribution in [2.75, 3.05) is 29.6 Å². The minimum absolute atomic E-state index is 0.349. The zero-order valence-corrected chi connectivity index (χ0v) is 20.0. The minimum atomic E-state index is -3.65. The fraction of sp³-hybridized carbons (Fsp3) is 0.261. The summed E-state index contributed by atoms with van der Waals surface area (Å²) in [5.41, 5.74) is 2.96. The van der Waals surface area contributed by atoms with Crippen molar-refractivity contribution in [1.82, 2.24) is 29.5 Å². The van der Waals surface area contributed by atoms with E-state index < -0.39 is 15.7 Å². The van der Waals surface area contributed by atoms with Gasteiger partial charge >= 0.3 is 0 Å². The topological polar surface area (TPSA) is 118 Å². The predicted molar refractivity (Wildman–Crippen MR) is 130 cm³/mol. The highest BCUT2D eigenvalue weighted by atomic mass is 32.2. The molecule has 10 nitrogen and oxygen atoms in total. The number of anilines is 3. The number of rotatable bonds is 6. The third-order valence-electron chi connectivity index (χ3n) is 5.80. The summed E-state index contributed by atoms with van der Waals surface area (Å²) >= 11 is 0. The largest absolute Gasteiger partial charge is 0.337 e. The first-order valence-electron chi connectivity index (χ1n) is 11.0. The zero-order chi connectivity index (χ0) is 24.6. The lowest BCUT2D eigenvalue weighted by molar-refractivity contribution is 0.571. The summed E-state index contributed by atoms with van der Waals surface area (Å²) in [7, 11) is -3.65. The number of benzene rings is 1. The Hall–Kier alpha value is -3.93. The maximum atomic E-state index is 14.3. The van der Waals surface area contributed by atoms with Crippen molar-refractivity contribution in [2.24, 2.45) is 0 Å². The molecule has 4 heterocycles. The fourth-order valence-corrected chi connectivity index (χ4v) is 4.63. The van der Waals surface area contributed by atoms with Crippen LogP contribution in [0.2, 0.25) is 0 Å². The number of aromatic nitrogens is 6. The molecule has 3 aromatic heterocycles. The van der Waals surface area contributed by atoms with Crippen LogP contribution in [0.15, 0.2) is 54.0 Å². The third-order valence-corrected chi connectivity index (χ3v) is 6.93. The molecule has 1 aliphatic heterocycles. The van der Waals surface area contributed by atoms with Crippen LogP contribution in [0, 0.1) is 5.82 Å². The zero-order valence-electron chi connectivity index (χ0n) is 19.2. The summed E-state index contributed by atoms with van der Waals surface area (Å²) in [5.74, 6) is 0.941. The molecular weight excluding hydrogens is 471 g/mol. The van der Waals surface area contributed by atoms with Gasteiger partial charge in [0.15, 0.2) is 21.5 Å². The van der Waals surface area contributed by atoms with E-state index in [1.807, 2.05) is 16.8 Å². The maximum Gasteiger partial charge on any atom is 0.225 e. The Morgan fingerprint density at radius 3 is 2.60 bits per heavy atom. The summed E-state index contributed by atoms with van der Waals surface area (Å²) < 4.78 is 39.5. The minimum Gasteiger partial charge on any atom is -0.337 e. The molecule has 0 atom stereocenters. The molecule has 0 saturated heterocycles. The van der Waals surface area contributed by atoms with E-state index in [2.05, 4.69) is 48.4 Å². The van der Waals surface area contributed by atoms with Gasteiger partial charge in [0.25, 0.3) is 0 Å². The summed E-state index contributed by atoms with van der Waals surface area (Å²) in [6.07, 6.45) is 11.8.